The number of likely N-dealkylation sites (N-methyl/N-ethyl adjacent to an activating group) is 1. The van der Waals surface area contributed by atoms with Crippen LogP contribution in [0.4, 0.5) is 0 Å². The average molecular weight is 216 g/mol. The molecule has 0 aromatic carbocycles. The molecule has 0 aliphatic rings. The molecule has 0 fully saturated rings. The standard InChI is InChI=1S/C10H20N2O3/c1-12(2)8-7-11-9(13)5-3-4-6-10(14)15/h3-8H2,1-2H3,(H,11,13)(H,14,15). The highest BCUT2D eigenvalue weighted by atomic mass is 16.4. The quantitative estimate of drug-likeness (QED) is 0.573. The van der Waals surface area contributed by atoms with Gasteiger partial charge in [-0.2, -0.15) is 0 Å². The van der Waals surface area contributed by atoms with Crippen molar-refractivity contribution in [2.24, 2.45) is 0 Å². The Morgan fingerprint density at radius 2 is 1.80 bits per heavy atom. The number of rotatable bonds is 8. The molecule has 88 valence electrons. The molecule has 0 atom stereocenters. The van der Waals surface area contributed by atoms with E-state index in [2.05, 4.69) is 5.32 Å². The van der Waals surface area contributed by atoms with Crippen molar-refractivity contribution in [2.75, 3.05) is 27.2 Å². The number of amides is 1. The third-order valence-corrected chi connectivity index (χ3v) is 1.93. The molecule has 0 saturated carbocycles. The molecule has 2 N–H and O–H groups in total. The van der Waals surface area contributed by atoms with E-state index in [0.29, 0.717) is 25.8 Å². The zero-order chi connectivity index (χ0) is 11.7. The van der Waals surface area contributed by atoms with E-state index in [9.17, 15) is 9.59 Å². The number of carbonyl (C=O) groups excluding carboxylic acids is 1. The van der Waals surface area contributed by atoms with Crippen molar-refractivity contribution in [3.63, 3.8) is 0 Å². The molecule has 0 bridgehead atoms. The Bertz CT molecular complexity index is 205. The van der Waals surface area contributed by atoms with Crippen LogP contribution in [0.2, 0.25) is 0 Å². The zero-order valence-corrected chi connectivity index (χ0v) is 9.45. The highest BCUT2D eigenvalue weighted by molar-refractivity contribution is 5.75. The van der Waals surface area contributed by atoms with E-state index in [0.717, 1.165) is 6.54 Å². The van der Waals surface area contributed by atoms with Crippen molar-refractivity contribution < 1.29 is 14.7 Å². The zero-order valence-electron chi connectivity index (χ0n) is 9.45. The van der Waals surface area contributed by atoms with Crippen molar-refractivity contribution >= 4 is 11.9 Å². The van der Waals surface area contributed by atoms with Gasteiger partial charge in [0.25, 0.3) is 0 Å². The number of hydrogen-bond donors (Lipinski definition) is 2. The van der Waals surface area contributed by atoms with E-state index in [1.54, 1.807) is 0 Å². The van der Waals surface area contributed by atoms with Crippen molar-refractivity contribution in [2.45, 2.75) is 25.7 Å². The Hall–Kier alpha value is -1.10. The minimum Gasteiger partial charge on any atom is -0.481 e. The van der Waals surface area contributed by atoms with E-state index >= 15 is 0 Å². The number of carbonyl (C=O) groups is 2. The maximum Gasteiger partial charge on any atom is 0.303 e. The molecular weight excluding hydrogens is 196 g/mol. The van der Waals surface area contributed by atoms with Crippen molar-refractivity contribution in [3.05, 3.63) is 0 Å². The van der Waals surface area contributed by atoms with Crippen molar-refractivity contribution in [3.8, 4) is 0 Å². The minimum atomic E-state index is -0.803. The summed E-state index contributed by atoms with van der Waals surface area (Å²) in [6, 6.07) is 0. The summed E-state index contributed by atoms with van der Waals surface area (Å²) in [5, 5.41) is 11.1. The number of hydrogen-bond acceptors (Lipinski definition) is 3. The fraction of sp³-hybridized carbons (Fsp3) is 0.800. The fourth-order valence-electron chi connectivity index (χ4n) is 1.07. The molecule has 0 aromatic heterocycles. The number of aliphatic carboxylic acids is 1. The molecule has 0 saturated heterocycles. The van der Waals surface area contributed by atoms with Gasteiger partial charge < -0.3 is 15.3 Å². The van der Waals surface area contributed by atoms with E-state index < -0.39 is 5.97 Å². The van der Waals surface area contributed by atoms with Crippen molar-refractivity contribution in [1.82, 2.24) is 10.2 Å². The van der Waals surface area contributed by atoms with Crippen LogP contribution in [0.1, 0.15) is 25.7 Å². The number of carboxylic acid groups (broad SMARTS) is 1. The fourth-order valence-corrected chi connectivity index (χ4v) is 1.07. The normalized spacial score (nSPS) is 10.3. The summed E-state index contributed by atoms with van der Waals surface area (Å²) in [4.78, 5) is 23.4. The molecule has 0 aliphatic carbocycles. The highest BCUT2D eigenvalue weighted by Crippen LogP contribution is 1.99. The summed E-state index contributed by atoms with van der Waals surface area (Å²) in [7, 11) is 3.89. The molecule has 5 heteroatoms. The highest BCUT2D eigenvalue weighted by Gasteiger charge is 2.02. The van der Waals surface area contributed by atoms with Crippen LogP contribution in [-0.2, 0) is 9.59 Å². The Morgan fingerprint density at radius 1 is 1.20 bits per heavy atom. The first kappa shape index (κ1) is 13.9. The lowest BCUT2D eigenvalue weighted by Crippen LogP contribution is -2.31. The van der Waals surface area contributed by atoms with Gasteiger partial charge in [-0.1, -0.05) is 0 Å². The van der Waals surface area contributed by atoms with E-state index in [4.69, 9.17) is 5.11 Å². The van der Waals surface area contributed by atoms with Gasteiger partial charge in [0.15, 0.2) is 0 Å². The molecule has 0 aromatic rings. The molecule has 0 unspecified atom stereocenters. The van der Waals surface area contributed by atoms with Crippen LogP contribution >= 0.6 is 0 Å². The number of nitrogens with zero attached hydrogens (tertiary/aromatic N) is 1. The molecule has 0 spiro atoms. The van der Waals surface area contributed by atoms with Crippen LogP contribution in [0.25, 0.3) is 0 Å². The molecule has 5 nitrogen and oxygen atoms in total. The molecule has 15 heavy (non-hydrogen) atoms. The summed E-state index contributed by atoms with van der Waals surface area (Å²) >= 11 is 0. The number of nitrogens with one attached hydrogen (secondary N) is 1. The van der Waals surface area contributed by atoms with E-state index in [-0.39, 0.29) is 12.3 Å². The van der Waals surface area contributed by atoms with Crippen LogP contribution in [0.3, 0.4) is 0 Å². The first-order valence-corrected chi connectivity index (χ1v) is 5.15. The van der Waals surface area contributed by atoms with Gasteiger partial charge >= 0.3 is 5.97 Å². The third-order valence-electron chi connectivity index (χ3n) is 1.93. The van der Waals surface area contributed by atoms with Gasteiger partial charge in [-0.3, -0.25) is 9.59 Å². The molecular formula is C10H20N2O3. The monoisotopic (exact) mass is 216 g/mol. The van der Waals surface area contributed by atoms with Crippen LogP contribution in [0.5, 0.6) is 0 Å². The summed E-state index contributed by atoms with van der Waals surface area (Å²) in [6.07, 6.45) is 1.77. The minimum absolute atomic E-state index is 0.00207. The molecule has 1 amide bonds. The Balaban J connectivity index is 3.30. The largest absolute Gasteiger partial charge is 0.481 e. The summed E-state index contributed by atoms with van der Waals surface area (Å²) in [6.45, 7) is 1.46. The van der Waals surface area contributed by atoms with Crippen LogP contribution < -0.4 is 5.32 Å². The molecule has 0 rings (SSSR count). The number of carboxylic acids is 1. The summed E-state index contributed by atoms with van der Waals surface area (Å²) in [5.41, 5.74) is 0. The smallest absolute Gasteiger partial charge is 0.303 e. The van der Waals surface area contributed by atoms with Gasteiger partial charge in [-0.15, -0.1) is 0 Å². The Kier molecular flexibility index (Phi) is 7.62. The Morgan fingerprint density at radius 3 is 2.33 bits per heavy atom. The average Bonchev–Trinajstić information content (AvgIpc) is 2.11. The lowest BCUT2D eigenvalue weighted by atomic mass is 10.2. The SMILES string of the molecule is CN(C)CCNC(=O)CCCCC(=O)O. The van der Waals surface area contributed by atoms with Gasteiger partial charge in [0, 0.05) is 25.9 Å². The van der Waals surface area contributed by atoms with Gasteiger partial charge in [0.2, 0.25) is 5.91 Å². The second kappa shape index (κ2) is 8.23. The maximum absolute atomic E-state index is 11.2. The molecule has 0 radical (unpaired) electrons. The first-order valence-electron chi connectivity index (χ1n) is 5.15. The Labute approximate surface area is 90.5 Å². The maximum atomic E-state index is 11.2. The van der Waals surface area contributed by atoms with Gasteiger partial charge in [0.05, 0.1) is 0 Å². The van der Waals surface area contributed by atoms with Crippen LogP contribution in [0.15, 0.2) is 0 Å². The van der Waals surface area contributed by atoms with Crippen molar-refractivity contribution in [1.29, 1.82) is 0 Å². The second-order valence-electron chi connectivity index (χ2n) is 3.75. The van der Waals surface area contributed by atoms with E-state index in [1.165, 1.54) is 0 Å². The molecule has 0 aliphatic heterocycles. The third kappa shape index (κ3) is 10.8. The molecule has 0 heterocycles. The van der Waals surface area contributed by atoms with E-state index in [1.807, 2.05) is 19.0 Å². The lowest BCUT2D eigenvalue weighted by Gasteiger charge is -2.10. The summed E-state index contributed by atoms with van der Waals surface area (Å²) in [5.74, 6) is -0.801. The van der Waals surface area contributed by atoms with Gasteiger partial charge in [-0.05, 0) is 26.9 Å². The predicted octanol–water partition coefficient (Wildman–Crippen LogP) is 0.309. The van der Waals surface area contributed by atoms with Crippen LogP contribution in [0, 0.1) is 0 Å². The predicted molar refractivity (Wildman–Crippen MR) is 57.7 cm³/mol. The topological polar surface area (TPSA) is 69.6 Å². The van der Waals surface area contributed by atoms with Crippen LogP contribution in [-0.4, -0.2) is 49.1 Å². The number of unbranched alkanes of at least 4 members (excludes halogenated alkanes) is 1. The second-order valence-corrected chi connectivity index (χ2v) is 3.75. The lowest BCUT2D eigenvalue weighted by molar-refractivity contribution is -0.137. The first-order chi connectivity index (χ1) is 7.02. The van der Waals surface area contributed by atoms with Gasteiger partial charge in [-0.25, -0.2) is 0 Å². The van der Waals surface area contributed by atoms with Gasteiger partial charge in [0.1, 0.15) is 0 Å². The summed E-state index contributed by atoms with van der Waals surface area (Å²) < 4.78 is 0.